The Morgan fingerprint density at radius 1 is 1.05 bits per heavy atom. The van der Waals surface area contributed by atoms with Crippen LogP contribution in [-0.2, 0) is 0 Å². The van der Waals surface area contributed by atoms with E-state index in [1.54, 1.807) is 0 Å². The van der Waals surface area contributed by atoms with Crippen LogP contribution in [-0.4, -0.2) is 0 Å². The van der Waals surface area contributed by atoms with Crippen molar-refractivity contribution in [2.45, 2.75) is 31.0 Å². The zero-order valence-electron chi connectivity index (χ0n) is 11.5. The topological polar surface area (TPSA) is 0 Å². The van der Waals surface area contributed by atoms with E-state index in [1.807, 2.05) is 12.1 Å². The average Bonchev–Trinajstić information content (AvgIpc) is 2.48. The molecular formula is C17H17Br2Cl. The molecule has 0 saturated carbocycles. The number of rotatable bonds is 4. The molecule has 106 valence electrons. The highest BCUT2D eigenvalue weighted by Crippen LogP contribution is 2.38. The predicted molar refractivity (Wildman–Crippen MR) is 95.1 cm³/mol. The fourth-order valence-electron chi connectivity index (χ4n) is 2.12. The number of hydrogen-bond donors (Lipinski definition) is 0. The first kappa shape index (κ1) is 16.1. The SMILES string of the molecule is CCC(C)c1ccc(C(Br)c2cccc(Br)c2Cl)cc1. The van der Waals surface area contributed by atoms with Crippen LogP contribution in [0.1, 0.15) is 47.7 Å². The molecule has 0 heterocycles. The van der Waals surface area contributed by atoms with E-state index in [0.717, 1.165) is 21.5 Å². The first-order valence-electron chi connectivity index (χ1n) is 6.72. The molecule has 0 nitrogen and oxygen atoms in total. The molecule has 2 unspecified atom stereocenters. The van der Waals surface area contributed by atoms with Gasteiger partial charge in [-0.1, -0.05) is 77.8 Å². The van der Waals surface area contributed by atoms with Crippen LogP contribution in [0.5, 0.6) is 0 Å². The highest BCUT2D eigenvalue weighted by Gasteiger charge is 2.15. The van der Waals surface area contributed by atoms with Gasteiger partial charge in [0.1, 0.15) is 0 Å². The molecule has 0 N–H and O–H groups in total. The van der Waals surface area contributed by atoms with Gasteiger partial charge < -0.3 is 0 Å². The third kappa shape index (κ3) is 3.47. The van der Waals surface area contributed by atoms with Gasteiger partial charge in [0.2, 0.25) is 0 Å². The molecule has 0 radical (unpaired) electrons. The molecule has 0 fully saturated rings. The monoisotopic (exact) mass is 414 g/mol. The molecular weight excluding hydrogens is 399 g/mol. The summed E-state index contributed by atoms with van der Waals surface area (Å²) in [5.41, 5.74) is 3.69. The summed E-state index contributed by atoms with van der Waals surface area (Å²) in [5.74, 6) is 0.604. The van der Waals surface area contributed by atoms with Crippen LogP contribution in [0.25, 0.3) is 0 Å². The smallest absolute Gasteiger partial charge is 0.0659 e. The van der Waals surface area contributed by atoms with Crippen LogP contribution in [0.2, 0.25) is 5.02 Å². The Morgan fingerprint density at radius 3 is 2.25 bits per heavy atom. The van der Waals surface area contributed by atoms with Gasteiger partial charge in [0.15, 0.2) is 0 Å². The first-order valence-corrected chi connectivity index (χ1v) is 8.81. The summed E-state index contributed by atoms with van der Waals surface area (Å²) < 4.78 is 0.928. The van der Waals surface area contributed by atoms with Gasteiger partial charge in [0.25, 0.3) is 0 Å². The van der Waals surface area contributed by atoms with E-state index in [1.165, 1.54) is 11.1 Å². The maximum absolute atomic E-state index is 6.37. The summed E-state index contributed by atoms with van der Waals surface area (Å²) in [5, 5.41) is 0.764. The lowest BCUT2D eigenvalue weighted by Gasteiger charge is -2.15. The Hall–Kier alpha value is -0.310. The molecule has 0 bridgehead atoms. The Kier molecular flexibility index (Phi) is 5.71. The van der Waals surface area contributed by atoms with E-state index in [-0.39, 0.29) is 4.83 Å². The third-order valence-corrected chi connectivity index (χ3v) is 6.00. The second kappa shape index (κ2) is 7.11. The van der Waals surface area contributed by atoms with E-state index in [4.69, 9.17) is 11.6 Å². The summed E-state index contributed by atoms with van der Waals surface area (Å²) >= 11 is 13.6. The molecule has 0 aliphatic heterocycles. The van der Waals surface area contributed by atoms with Gasteiger partial charge >= 0.3 is 0 Å². The van der Waals surface area contributed by atoms with Gasteiger partial charge in [0.05, 0.1) is 9.85 Å². The van der Waals surface area contributed by atoms with Gasteiger partial charge in [-0.2, -0.15) is 0 Å². The Balaban J connectivity index is 2.29. The minimum Gasteiger partial charge on any atom is -0.0827 e. The van der Waals surface area contributed by atoms with Crippen LogP contribution >= 0.6 is 43.5 Å². The number of benzene rings is 2. The molecule has 2 atom stereocenters. The fraction of sp³-hybridized carbons (Fsp3) is 0.294. The van der Waals surface area contributed by atoms with Crippen molar-refractivity contribution < 1.29 is 0 Å². The van der Waals surface area contributed by atoms with Crippen LogP contribution in [0.3, 0.4) is 0 Å². The zero-order valence-corrected chi connectivity index (χ0v) is 15.5. The molecule has 20 heavy (non-hydrogen) atoms. The minimum atomic E-state index is 0.110. The second-order valence-corrected chi connectivity index (χ2v) is 7.13. The summed E-state index contributed by atoms with van der Waals surface area (Å²) in [7, 11) is 0. The minimum absolute atomic E-state index is 0.110. The van der Waals surface area contributed by atoms with Crippen LogP contribution < -0.4 is 0 Å². The molecule has 0 aliphatic carbocycles. The van der Waals surface area contributed by atoms with Gasteiger partial charge in [-0.05, 0) is 51.0 Å². The van der Waals surface area contributed by atoms with Crippen molar-refractivity contribution in [1.29, 1.82) is 0 Å². The Morgan fingerprint density at radius 2 is 1.65 bits per heavy atom. The lowest BCUT2D eigenvalue weighted by molar-refractivity contribution is 0.733. The maximum atomic E-state index is 6.37. The number of alkyl halides is 1. The zero-order chi connectivity index (χ0) is 14.7. The normalized spacial score (nSPS) is 14.1. The lowest BCUT2D eigenvalue weighted by atomic mass is 9.96. The lowest BCUT2D eigenvalue weighted by Crippen LogP contribution is -1.96. The van der Waals surface area contributed by atoms with E-state index in [0.29, 0.717) is 5.92 Å². The van der Waals surface area contributed by atoms with Gasteiger partial charge in [0, 0.05) is 4.47 Å². The van der Waals surface area contributed by atoms with Crippen LogP contribution in [0, 0.1) is 0 Å². The summed E-state index contributed by atoms with van der Waals surface area (Å²) in [4.78, 5) is 0.110. The average molecular weight is 417 g/mol. The van der Waals surface area contributed by atoms with Crippen molar-refractivity contribution >= 4 is 43.5 Å². The first-order chi connectivity index (χ1) is 9.54. The van der Waals surface area contributed by atoms with Crippen LogP contribution in [0.4, 0.5) is 0 Å². The molecule has 3 heteroatoms. The maximum Gasteiger partial charge on any atom is 0.0659 e. The van der Waals surface area contributed by atoms with Crippen molar-refractivity contribution in [2.75, 3.05) is 0 Å². The Bertz CT molecular complexity index is 578. The van der Waals surface area contributed by atoms with Gasteiger partial charge in [-0.15, -0.1) is 0 Å². The van der Waals surface area contributed by atoms with Gasteiger partial charge in [-0.3, -0.25) is 0 Å². The fourth-order valence-corrected chi connectivity index (χ4v) is 3.56. The third-order valence-electron chi connectivity index (χ3n) is 3.67. The molecule has 2 rings (SSSR count). The molecule has 0 spiro atoms. The van der Waals surface area contributed by atoms with E-state index in [9.17, 15) is 0 Å². The molecule has 0 amide bonds. The standard InChI is InChI=1S/C17H17Br2Cl/c1-3-11(2)12-7-9-13(10-8-12)16(19)14-5-4-6-15(18)17(14)20/h4-11,16H,3H2,1-2H3. The van der Waals surface area contributed by atoms with Crippen molar-refractivity contribution in [3.05, 3.63) is 68.7 Å². The number of hydrogen-bond acceptors (Lipinski definition) is 0. The summed E-state index contributed by atoms with van der Waals surface area (Å²) in [6, 6.07) is 14.8. The quantitative estimate of drug-likeness (QED) is 0.466. The highest BCUT2D eigenvalue weighted by molar-refractivity contribution is 9.10. The van der Waals surface area contributed by atoms with Crippen molar-refractivity contribution in [2.24, 2.45) is 0 Å². The van der Waals surface area contributed by atoms with E-state index >= 15 is 0 Å². The number of halogens is 3. The Labute approximate surface area is 142 Å². The van der Waals surface area contributed by atoms with Crippen LogP contribution in [0.15, 0.2) is 46.9 Å². The summed E-state index contributed by atoms with van der Waals surface area (Å²) in [6.07, 6.45) is 1.16. The summed E-state index contributed by atoms with van der Waals surface area (Å²) in [6.45, 7) is 4.47. The van der Waals surface area contributed by atoms with Crippen molar-refractivity contribution in [3.63, 3.8) is 0 Å². The van der Waals surface area contributed by atoms with Crippen molar-refractivity contribution in [1.82, 2.24) is 0 Å². The second-order valence-electron chi connectivity index (χ2n) is 4.98. The molecule has 2 aromatic rings. The molecule has 2 aromatic carbocycles. The van der Waals surface area contributed by atoms with E-state index in [2.05, 4.69) is 76.0 Å². The molecule has 0 aromatic heterocycles. The molecule has 0 aliphatic rings. The van der Waals surface area contributed by atoms with Crippen molar-refractivity contribution in [3.8, 4) is 0 Å². The molecule has 0 saturated heterocycles. The van der Waals surface area contributed by atoms with E-state index < -0.39 is 0 Å². The highest BCUT2D eigenvalue weighted by atomic mass is 79.9. The van der Waals surface area contributed by atoms with Gasteiger partial charge in [-0.25, -0.2) is 0 Å². The predicted octanol–water partition coefficient (Wildman–Crippen LogP) is 7.10. The largest absolute Gasteiger partial charge is 0.0827 e.